The molecule has 34 heavy (non-hydrogen) atoms. The molecule has 0 spiro atoms. The van der Waals surface area contributed by atoms with E-state index in [2.05, 4.69) is 26.2 Å². The predicted molar refractivity (Wildman–Crippen MR) is 131 cm³/mol. The molecule has 1 aliphatic heterocycles. The fourth-order valence-corrected chi connectivity index (χ4v) is 4.24. The molecule has 1 aromatic heterocycles. The van der Waals surface area contributed by atoms with Crippen LogP contribution >= 0.6 is 15.9 Å². The average molecular weight is 523 g/mol. The number of oxazole rings is 1. The fourth-order valence-electron chi connectivity index (χ4n) is 3.84. The molecule has 10 heteroatoms. The van der Waals surface area contributed by atoms with Crippen molar-refractivity contribution in [1.29, 1.82) is 0 Å². The molecule has 0 atom stereocenters. The van der Waals surface area contributed by atoms with Crippen LogP contribution in [0.5, 0.6) is 0 Å². The first kappa shape index (κ1) is 22.1. The monoisotopic (exact) mass is 522 g/mol. The molecular formula is C24H19BrN4O5. The van der Waals surface area contributed by atoms with Crippen LogP contribution in [0.1, 0.15) is 10.4 Å². The van der Waals surface area contributed by atoms with Crippen LogP contribution in [0, 0.1) is 10.1 Å². The maximum absolute atomic E-state index is 12.9. The molecule has 0 radical (unpaired) electrons. The van der Waals surface area contributed by atoms with Gasteiger partial charge in [-0.25, -0.2) is 4.98 Å². The Morgan fingerprint density at radius 2 is 1.91 bits per heavy atom. The molecule has 1 saturated heterocycles. The summed E-state index contributed by atoms with van der Waals surface area (Å²) in [4.78, 5) is 30.5. The summed E-state index contributed by atoms with van der Waals surface area (Å²) >= 11 is 3.44. The number of fused-ring (bicyclic) bond motifs is 1. The molecule has 1 amide bonds. The first-order chi connectivity index (χ1) is 16.5. The van der Waals surface area contributed by atoms with Crippen molar-refractivity contribution < 1.29 is 18.9 Å². The Morgan fingerprint density at radius 3 is 2.68 bits per heavy atom. The van der Waals surface area contributed by atoms with Crippen LogP contribution in [0.3, 0.4) is 0 Å². The molecule has 0 unspecified atom stereocenters. The van der Waals surface area contributed by atoms with E-state index in [-0.39, 0.29) is 11.3 Å². The molecule has 1 aliphatic rings. The number of carbonyl (C=O) groups excluding carboxylic acids is 1. The molecule has 0 saturated carbocycles. The molecule has 4 aromatic rings. The molecule has 2 heterocycles. The second-order valence-corrected chi connectivity index (χ2v) is 8.64. The largest absolute Gasteiger partial charge is 0.436 e. The van der Waals surface area contributed by atoms with Crippen molar-refractivity contribution in [2.75, 3.05) is 36.5 Å². The van der Waals surface area contributed by atoms with Gasteiger partial charge in [-0.05, 0) is 48.5 Å². The number of rotatable bonds is 5. The summed E-state index contributed by atoms with van der Waals surface area (Å²) in [5.74, 6) is 0.0146. The number of amides is 1. The van der Waals surface area contributed by atoms with Gasteiger partial charge in [0.05, 0.1) is 18.1 Å². The van der Waals surface area contributed by atoms with Gasteiger partial charge in [0.15, 0.2) is 5.58 Å². The maximum Gasteiger partial charge on any atom is 0.293 e. The Bertz CT molecular complexity index is 1400. The van der Waals surface area contributed by atoms with Crippen molar-refractivity contribution >= 4 is 50.0 Å². The van der Waals surface area contributed by atoms with Crippen LogP contribution in [0.15, 0.2) is 69.6 Å². The quantitative estimate of drug-likeness (QED) is 0.281. The van der Waals surface area contributed by atoms with E-state index >= 15 is 0 Å². The van der Waals surface area contributed by atoms with E-state index in [9.17, 15) is 14.9 Å². The Balaban J connectivity index is 1.38. The number of morpholine rings is 1. The summed E-state index contributed by atoms with van der Waals surface area (Å²) in [6, 6.07) is 17.2. The van der Waals surface area contributed by atoms with Gasteiger partial charge in [-0.2, -0.15) is 0 Å². The minimum atomic E-state index is -0.466. The van der Waals surface area contributed by atoms with E-state index in [1.54, 1.807) is 30.3 Å². The summed E-state index contributed by atoms with van der Waals surface area (Å²) in [6.45, 7) is 2.14. The lowest BCUT2D eigenvalue weighted by Crippen LogP contribution is -2.36. The minimum Gasteiger partial charge on any atom is -0.436 e. The predicted octanol–water partition coefficient (Wildman–Crippen LogP) is 5.25. The second-order valence-electron chi connectivity index (χ2n) is 7.73. The van der Waals surface area contributed by atoms with Crippen LogP contribution in [0.2, 0.25) is 0 Å². The number of nitrogens with one attached hydrogen (secondary N) is 1. The molecule has 1 N–H and O–H groups in total. The van der Waals surface area contributed by atoms with E-state index in [1.807, 2.05) is 29.2 Å². The van der Waals surface area contributed by atoms with E-state index in [0.717, 1.165) is 10.0 Å². The van der Waals surface area contributed by atoms with Gasteiger partial charge < -0.3 is 19.4 Å². The van der Waals surface area contributed by atoms with E-state index < -0.39 is 10.8 Å². The van der Waals surface area contributed by atoms with Gasteiger partial charge in [-0.3, -0.25) is 14.9 Å². The second kappa shape index (κ2) is 9.24. The smallest absolute Gasteiger partial charge is 0.293 e. The minimum absolute atomic E-state index is 0.111. The van der Waals surface area contributed by atoms with Crippen molar-refractivity contribution in [2.45, 2.75) is 0 Å². The van der Waals surface area contributed by atoms with Crippen LogP contribution in [0.25, 0.3) is 22.6 Å². The number of anilines is 2. The van der Waals surface area contributed by atoms with Crippen LogP contribution < -0.4 is 10.2 Å². The highest BCUT2D eigenvalue weighted by molar-refractivity contribution is 9.10. The fraction of sp³-hybridized carbons (Fsp3) is 0.167. The van der Waals surface area contributed by atoms with Gasteiger partial charge >= 0.3 is 0 Å². The van der Waals surface area contributed by atoms with E-state index in [0.29, 0.717) is 54.7 Å². The lowest BCUT2D eigenvalue weighted by molar-refractivity contribution is -0.384. The normalized spacial score (nSPS) is 13.7. The molecule has 1 fully saturated rings. The third-order valence-corrected chi connectivity index (χ3v) is 6.00. The highest BCUT2D eigenvalue weighted by Crippen LogP contribution is 2.31. The summed E-state index contributed by atoms with van der Waals surface area (Å²) in [6.07, 6.45) is 0. The number of nitro groups is 1. The highest BCUT2D eigenvalue weighted by Gasteiger charge is 2.23. The Labute approximate surface area is 202 Å². The van der Waals surface area contributed by atoms with E-state index in [1.165, 1.54) is 6.07 Å². The molecule has 0 aliphatic carbocycles. The first-order valence-corrected chi connectivity index (χ1v) is 11.4. The molecule has 5 rings (SSSR count). The average Bonchev–Trinajstić information content (AvgIpc) is 3.28. The molecule has 0 bridgehead atoms. The zero-order valence-corrected chi connectivity index (χ0v) is 19.4. The van der Waals surface area contributed by atoms with E-state index in [4.69, 9.17) is 9.15 Å². The molecule has 172 valence electrons. The number of benzene rings is 3. The van der Waals surface area contributed by atoms with Gasteiger partial charge in [0.1, 0.15) is 11.2 Å². The van der Waals surface area contributed by atoms with Crippen molar-refractivity contribution in [3.8, 4) is 11.5 Å². The van der Waals surface area contributed by atoms with Gasteiger partial charge in [0, 0.05) is 40.4 Å². The number of hydrogen-bond donors (Lipinski definition) is 1. The zero-order valence-electron chi connectivity index (χ0n) is 17.9. The number of ether oxygens (including phenoxy) is 1. The highest BCUT2D eigenvalue weighted by atomic mass is 79.9. The number of nitro benzene ring substituents is 1. The van der Waals surface area contributed by atoms with Crippen molar-refractivity contribution in [2.24, 2.45) is 0 Å². The maximum atomic E-state index is 12.9. The van der Waals surface area contributed by atoms with Crippen molar-refractivity contribution in [1.82, 2.24) is 4.98 Å². The molecule has 3 aromatic carbocycles. The summed E-state index contributed by atoms with van der Waals surface area (Å²) in [7, 11) is 0. The zero-order chi connectivity index (χ0) is 23.7. The van der Waals surface area contributed by atoms with Crippen LogP contribution in [0.4, 0.5) is 17.1 Å². The van der Waals surface area contributed by atoms with Gasteiger partial charge in [-0.1, -0.05) is 22.0 Å². The molecular weight excluding hydrogens is 504 g/mol. The lowest BCUT2D eigenvalue weighted by atomic mass is 10.1. The third kappa shape index (κ3) is 4.50. The Kier molecular flexibility index (Phi) is 5.99. The van der Waals surface area contributed by atoms with Gasteiger partial charge in [-0.15, -0.1) is 0 Å². The Morgan fingerprint density at radius 1 is 1.09 bits per heavy atom. The standard InChI is InChI=1S/C24H19BrN4O5/c25-17-3-1-2-16(12-17)24-27-19-14-18(5-7-22(19)34-24)26-23(30)15-4-6-20(21(13-15)29(31)32)28-8-10-33-11-9-28/h1-7,12-14H,8-11H2,(H,26,30). The number of aromatic nitrogens is 1. The Hall–Kier alpha value is -3.76. The number of hydrogen-bond acceptors (Lipinski definition) is 7. The van der Waals surface area contributed by atoms with Crippen LogP contribution in [-0.2, 0) is 4.74 Å². The van der Waals surface area contributed by atoms with Crippen molar-refractivity contribution in [3.63, 3.8) is 0 Å². The molecule has 9 nitrogen and oxygen atoms in total. The van der Waals surface area contributed by atoms with Gasteiger partial charge in [0.25, 0.3) is 11.6 Å². The SMILES string of the molecule is O=C(Nc1ccc2oc(-c3cccc(Br)c3)nc2c1)c1ccc(N2CCOCC2)c([N+](=O)[O-])c1. The third-order valence-electron chi connectivity index (χ3n) is 5.50. The number of carbonyl (C=O) groups is 1. The lowest BCUT2D eigenvalue weighted by Gasteiger charge is -2.28. The van der Waals surface area contributed by atoms with Gasteiger partial charge in [0.2, 0.25) is 5.89 Å². The first-order valence-electron chi connectivity index (χ1n) is 10.6. The number of halogens is 1. The van der Waals surface area contributed by atoms with Crippen LogP contribution in [-0.4, -0.2) is 42.1 Å². The topological polar surface area (TPSA) is 111 Å². The number of nitrogens with zero attached hydrogens (tertiary/aromatic N) is 3. The summed E-state index contributed by atoms with van der Waals surface area (Å²) in [5.41, 5.74) is 3.06. The van der Waals surface area contributed by atoms with Crippen molar-refractivity contribution in [3.05, 3.63) is 80.8 Å². The summed E-state index contributed by atoms with van der Waals surface area (Å²) < 4.78 is 12.1. The summed E-state index contributed by atoms with van der Waals surface area (Å²) in [5, 5.41) is 14.5.